The van der Waals surface area contributed by atoms with Gasteiger partial charge in [-0.25, -0.2) is 4.79 Å². The third kappa shape index (κ3) is 6.60. The second kappa shape index (κ2) is 14.2. The van der Waals surface area contributed by atoms with Crippen molar-refractivity contribution in [3.8, 4) is 11.1 Å². The Bertz CT molecular complexity index is 1480. The van der Waals surface area contributed by atoms with Crippen molar-refractivity contribution < 1.29 is 9.53 Å². The van der Waals surface area contributed by atoms with Gasteiger partial charge in [0.15, 0.2) is 5.60 Å². The summed E-state index contributed by atoms with van der Waals surface area (Å²) in [6.07, 6.45) is 11.7. The number of halogens is 2. The van der Waals surface area contributed by atoms with Gasteiger partial charge < -0.3 is 4.74 Å². The van der Waals surface area contributed by atoms with E-state index in [0.717, 1.165) is 62.4 Å². The van der Waals surface area contributed by atoms with Gasteiger partial charge in [-0.05, 0) is 72.2 Å². The first-order valence-corrected chi connectivity index (χ1v) is 17.1. The van der Waals surface area contributed by atoms with Crippen molar-refractivity contribution in [2.75, 3.05) is 0 Å². The number of benzene rings is 4. The maximum Gasteiger partial charge on any atom is 0.340 e. The molecule has 42 heavy (non-hydrogen) atoms. The molecule has 218 valence electrons. The zero-order valence-corrected chi connectivity index (χ0v) is 27.9. The molecule has 0 aromatic heterocycles. The number of carbonyl (C=O) groups is 1. The Morgan fingerprint density at radius 2 is 1.14 bits per heavy atom. The van der Waals surface area contributed by atoms with Gasteiger partial charge in [-0.15, -0.1) is 0 Å². The summed E-state index contributed by atoms with van der Waals surface area (Å²) in [5.41, 5.74) is 6.84. The first-order chi connectivity index (χ1) is 20.5. The topological polar surface area (TPSA) is 26.3 Å². The molecular weight excluding hydrogens is 648 g/mol. The highest BCUT2D eigenvalue weighted by molar-refractivity contribution is 9.10. The molecular formula is C38H40Br2O2. The van der Waals surface area contributed by atoms with Crippen LogP contribution in [0.1, 0.15) is 103 Å². The summed E-state index contributed by atoms with van der Waals surface area (Å²) in [4.78, 5) is 14.2. The molecule has 4 heteroatoms. The number of hydrogen-bond acceptors (Lipinski definition) is 2. The summed E-state index contributed by atoms with van der Waals surface area (Å²) in [5, 5.41) is 0. The predicted molar refractivity (Wildman–Crippen MR) is 181 cm³/mol. The van der Waals surface area contributed by atoms with Crippen LogP contribution < -0.4 is 0 Å². The Kier molecular flexibility index (Phi) is 10.4. The molecule has 1 heterocycles. The van der Waals surface area contributed by atoms with Gasteiger partial charge in [0, 0.05) is 25.6 Å². The molecule has 0 saturated carbocycles. The molecule has 2 nitrogen and oxygen atoms in total. The summed E-state index contributed by atoms with van der Waals surface area (Å²) in [6, 6.07) is 29.7. The number of esters is 1. The summed E-state index contributed by atoms with van der Waals surface area (Å²) < 4.78 is 8.66. The molecule has 0 bridgehead atoms. The highest BCUT2D eigenvalue weighted by Crippen LogP contribution is 2.49. The Balaban J connectivity index is 1.72. The molecule has 0 N–H and O–H groups in total. The second-order valence-electron chi connectivity index (χ2n) is 11.5. The molecule has 0 unspecified atom stereocenters. The third-order valence-electron chi connectivity index (χ3n) is 8.40. The fourth-order valence-electron chi connectivity index (χ4n) is 6.21. The number of cyclic esters (lactones) is 1. The quantitative estimate of drug-likeness (QED) is 0.109. The standard InChI is InChI=1S/C38H40Br2O2/c1-3-5-7-9-13-27-15-11-17-29(23-27)38(30-18-12-16-28(24-30)14-10-8-6-4-2)36-26-32(40)20-22-34(36)33-21-19-31(39)25-35(33)37(41)42-38/h11-12,15-26H,3-10,13-14H2,1-2H3. The van der Waals surface area contributed by atoms with Gasteiger partial charge in [0.2, 0.25) is 0 Å². The molecule has 0 amide bonds. The van der Waals surface area contributed by atoms with Crippen LogP contribution >= 0.6 is 31.9 Å². The normalized spacial score (nSPS) is 13.7. The minimum Gasteiger partial charge on any atom is -0.441 e. The minimum atomic E-state index is -1.11. The molecule has 0 spiro atoms. The minimum absolute atomic E-state index is 0.319. The SMILES string of the molecule is CCCCCCc1cccc(C2(c3cccc(CCCCCC)c3)OC(=O)c3cc(Br)ccc3-c3ccc(Br)cc32)c1. The van der Waals surface area contributed by atoms with Crippen molar-refractivity contribution in [1.29, 1.82) is 0 Å². The fourth-order valence-corrected chi connectivity index (χ4v) is 6.93. The lowest BCUT2D eigenvalue weighted by Gasteiger charge is -2.36. The number of rotatable bonds is 12. The van der Waals surface area contributed by atoms with Crippen LogP contribution in [0.5, 0.6) is 0 Å². The van der Waals surface area contributed by atoms with Gasteiger partial charge in [0.05, 0.1) is 5.56 Å². The summed E-state index contributed by atoms with van der Waals surface area (Å²) >= 11 is 7.35. The van der Waals surface area contributed by atoms with E-state index in [1.165, 1.54) is 49.7 Å². The fraction of sp³-hybridized carbons (Fsp3) is 0.342. The monoisotopic (exact) mass is 686 g/mol. The van der Waals surface area contributed by atoms with E-state index in [0.29, 0.717) is 5.56 Å². The Morgan fingerprint density at radius 1 is 0.595 bits per heavy atom. The summed E-state index contributed by atoms with van der Waals surface area (Å²) in [7, 11) is 0. The van der Waals surface area contributed by atoms with Gasteiger partial charge in [-0.3, -0.25) is 0 Å². The van der Waals surface area contributed by atoms with Crippen LogP contribution in [-0.2, 0) is 23.2 Å². The third-order valence-corrected chi connectivity index (χ3v) is 9.39. The zero-order chi connectivity index (χ0) is 29.5. The van der Waals surface area contributed by atoms with Crippen molar-refractivity contribution in [1.82, 2.24) is 0 Å². The summed E-state index contributed by atoms with van der Waals surface area (Å²) in [5.74, 6) is -0.319. The maximum atomic E-state index is 14.2. The summed E-state index contributed by atoms with van der Waals surface area (Å²) in [6.45, 7) is 4.49. The molecule has 1 aliphatic rings. The molecule has 0 atom stereocenters. The lowest BCUT2D eigenvalue weighted by Crippen LogP contribution is -2.35. The average Bonchev–Trinajstić information content (AvgIpc) is 3.10. The molecule has 0 saturated heterocycles. The number of aryl methyl sites for hydroxylation is 2. The van der Waals surface area contributed by atoms with E-state index in [1.54, 1.807) is 0 Å². The van der Waals surface area contributed by atoms with E-state index < -0.39 is 5.60 Å². The predicted octanol–water partition coefficient (Wildman–Crippen LogP) is 11.6. The lowest BCUT2D eigenvalue weighted by atomic mass is 9.76. The van der Waals surface area contributed by atoms with E-state index in [2.05, 4.69) is 112 Å². The second-order valence-corrected chi connectivity index (χ2v) is 13.3. The molecule has 0 aliphatic carbocycles. The first-order valence-electron chi connectivity index (χ1n) is 15.5. The number of fused-ring (bicyclic) bond motifs is 3. The van der Waals surface area contributed by atoms with Crippen LogP contribution in [0, 0.1) is 0 Å². The van der Waals surface area contributed by atoms with Crippen molar-refractivity contribution in [3.63, 3.8) is 0 Å². The molecule has 4 aromatic carbocycles. The van der Waals surface area contributed by atoms with Crippen LogP contribution in [0.25, 0.3) is 11.1 Å². The largest absolute Gasteiger partial charge is 0.441 e. The van der Waals surface area contributed by atoms with Gasteiger partial charge in [0.25, 0.3) is 0 Å². The number of hydrogen-bond donors (Lipinski definition) is 0. The van der Waals surface area contributed by atoms with Crippen molar-refractivity contribution >= 4 is 37.8 Å². The van der Waals surface area contributed by atoms with Crippen LogP contribution in [-0.4, -0.2) is 5.97 Å². The van der Waals surface area contributed by atoms with E-state index in [4.69, 9.17) is 4.74 Å². The number of carbonyl (C=O) groups excluding carboxylic acids is 1. The molecule has 4 aromatic rings. The van der Waals surface area contributed by atoms with Crippen LogP contribution in [0.3, 0.4) is 0 Å². The Labute approximate surface area is 268 Å². The molecule has 0 radical (unpaired) electrons. The van der Waals surface area contributed by atoms with Gasteiger partial charge >= 0.3 is 5.97 Å². The average molecular weight is 689 g/mol. The van der Waals surface area contributed by atoms with E-state index in [-0.39, 0.29) is 5.97 Å². The molecule has 5 rings (SSSR count). The Morgan fingerprint density at radius 3 is 1.71 bits per heavy atom. The van der Waals surface area contributed by atoms with Crippen LogP contribution in [0.4, 0.5) is 0 Å². The smallest absolute Gasteiger partial charge is 0.340 e. The van der Waals surface area contributed by atoms with Gasteiger partial charge in [-0.2, -0.15) is 0 Å². The number of unbranched alkanes of at least 4 members (excludes halogenated alkanes) is 6. The van der Waals surface area contributed by atoms with Crippen molar-refractivity contribution in [2.24, 2.45) is 0 Å². The van der Waals surface area contributed by atoms with Gasteiger partial charge in [0.1, 0.15) is 0 Å². The molecule has 1 aliphatic heterocycles. The van der Waals surface area contributed by atoms with Crippen LogP contribution in [0.2, 0.25) is 0 Å². The zero-order valence-electron chi connectivity index (χ0n) is 24.7. The Hall–Kier alpha value is -2.69. The highest BCUT2D eigenvalue weighted by Gasteiger charge is 2.45. The number of ether oxygens (including phenoxy) is 1. The van der Waals surface area contributed by atoms with E-state index in [9.17, 15) is 4.79 Å². The van der Waals surface area contributed by atoms with E-state index in [1.807, 2.05) is 18.2 Å². The molecule has 0 fully saturated rings. The van der Waals surface area contributed by atoms with Crippen molar-refractivity contribution in [2.45, 2.75) is 83.7 Å². The highest BCUT2D eigenvalue weighted by atomic mass is 79.9. The van der Waals surface area contributed by atoms with E-state index >= 15 is 0 Å². The van der Waals surface area contributed by atoms with Gasteiger partial charge in [-0.1, -0.05) is 145 Å². The lowest BCUT2D eigenvalue weighted by molar-refractivity contribution is 0.0151. The van der Waals surface area contributed by atoms with Crippen molar-refractivity contribution in [3.05, 3.63) is 127 Å². The maximum absolute atomic E-state index is 14.2. The first kappa shape index (κ1) is 30.8. The van der Waals surface area contributed by atoms with Crippen LogP contribution in [0.15, 0.2) is 93.9 Å².